The zero-order valence-corrected chi connectivity index (χ0v) is 11.9. The number of halogens is 1. The number of nitrogens with one attached hydrogen (secondary N) is 2. The minimum absolute atomic E-state index is 0.00780. The van der Waals surface area contributed by atoms with E-state index in [-0.39, 0.29) is 24.6 Å². The number of benzene rings is 1. The molecule has 0 aliphatic heterocycles. The molecule has 0 radical (unpaired) electrons. The van der Waals surface area contributed by atoms with Crippen LogP contribution in [0.4, 0.5) is 5.95 Å². The van der Waals surface area contributed by atoms with E-state index < -0.39 is 0 Å². The molecule has 1 heterocycles. The molecular formula is C13H15ClN4O2. The number of carbonyl (C=O) groups excluding carboxylic acids is 1. The number of aromatic amines is 1. The van der Waals surface area contributed by atoms with E-state index in [1.807, 2.05) is 32.0 Å². The van der Waals surface area contributed by atoms with E-state index in [4.69, 9.17) is 16.3 Å². The zero-order valence-electron chi connectivity index (χ0n) is 11.2. The van der Waals surface area contributed by atoms with Crippen LogP contribution in [-0.4, -0.2) is 33.8 Å². The third-order valence-electron chi connectivity index (χ3n) is 2.41. The van der Waals surface area contributed by atoms with Gasteiger partial charge in [-0.25, -0.2) is 0 Å². The number of ether oxygens (including phenoxy) is 1. The smallest absolute Gasteiger partial charge is 0.252 e. The Kier molecular flexibility index (Phi) is 4.70. The van der Waals surface area contributed by atoms with Crippen molar-refractivity contribution in [2.24, 2.45) is 0 Å². The predicted octanol–water partition coefficient (Wildman–Crippen LogP) is 2.49. The standard InChI is InChI=1S/C13H15ClN4O2/c1-8(2)20-7-11(19)15-13-16-12(17-18-13)9-5-3-4-6-10(9)14/h3-6,8H,7H2,1-2H3,(H2,15,16,17,18,19). The Labute approximate surface area is 121 Å². The first kappa shape index (κ1) is 14.5. The lowest BCUT2D eigenvalue weighted by Gasteiger charge is -2.05. The number of aromatic nitrogens is 3. The Balaban J connectivity index is 2.03. The summed E-state index contributed by atoms with van der Waals surface area (Å²) < 4.78 is 5.19. The second-order valence-corrected chi connectivity index (χ2v) is 4.80. The van der Waals surface area contributed by atoms with Gasteiger partial charge in [-0.1, -0.05) is 23.7 Å². The lowest BCUT2D eigenvalue weighted by atomic mass is 10.2. The van der Waals surface area contributed by atoms with Crippen LogP contribution in [0.1, 0.15) is 13.8 Å². The maximum absolute atomic E-state index is 11.6. The van der Waals surface area contributed by atoms with E-state index in [1.54, 1.807) is 6.07 Å². The number of amides is 1. The first-order valence-corrected chi connectivity index (χ1v) is 6.53. The van der Waals surface area contributed by atoms with Gasteiger partial charge in [-0.15, -0.1) is 5.10 Å². The minimum Gasteiger partial charge on any atom is -0.369 e. The van der Waals surface area contributed by atoms with Gasteiger partial charge in [0.15, 0.2) is 5.82 Å². The van der Waals surface area contributed by atoms with Gasteiger partial charge < -0.3 is 4.74 Å². The molecule has 0 atom stereocenters. The highest BCUT2D eigenvalue weighted by Gasteiger charge is 2.11. The topological polar surface area (TPSA) is 79.9 Å². The van der Waals surface area contributed by atoms with Gasteiger partial charge in [-0.2, -0.15) is 4.98 Å². The second-order valence-electron chi connectivity index (χ2n) is 4.40. The van der Waals surface area contributed by atoms with Gasteiger partial charge in [0.05, 0.1) is 11.1 Å². The largest absolute Gasteiger partial charge is 0.369 e. The van der Waals surface area contributed by atoms with E-state index in [0.717, 1.165) is 5.56 Å². The van der Waals surface area contributed by atoms with E-state index in [9.17, 15) is 4.79 Å². The summed E-state index contributed by atoms with van der Waals surface area (Å²) >= 11 is 6.06. The molecule has 20 heavy (non-hydrogen) atoms. The van der Waals surface area contributed by atoms with Crippen molar-refractivity contribution in [1.82, 2.24) is 15.2 Å². The molecule has 0 saturated carbocycles. The van der Waals surface area contributed by atoms with Crippen molar-refractivity contribution in [3.05, 3.63) is 29.3 Å². The fourth-order valence-electron chi connectivity index (χ4n) is 1.49. The third-order valence-corrected chi connectivity index (χ3v) is 2.74. The van der Waals surface area contributed by atoms with Crippen molar-refractivity contribution in [3.8, 4) is 11.4 Å². The van der Waals surface area contributed by atoms with Crippen molar-refractivity contribution >= 4 is 23.5 Å². The van der Waals surface area contributed by atoms with Gasteiger partial charge in [-0.3, -0.25) is 15.2 Å². The van der Waals surface area contributed by atoms with Crippen LogP contribution in [0.25, 0.3) is 11.4 Å². The highest BCUT2D eigenvalue weighted by Crippen LogP contribution is 2.24. The summed E-state index contributed by atoms with van der Waals surface area (Å²) in [7, 11) is 0. The Morgan fingerprint density at radius 3 is 2.90 bits per heavy atom. The van der Waals surface area contributed by atoms with Crippen molar-refractivity contribution < 1.29 is 9.53 Å². The molecule has 0 unspecified atom stereocenters. The van der Waals surface area contributed by atoms with Crippen LogP contribution in [0.3, 0.4) is 0 Å². The highest BCUT2D eigenvalue weighted by atomic mass is 35.5. The molecule has 0 aliphatic carbocycles. The Bertz CT molecular complexity index is 598. The van der Waals surface area contributed by atoms with Gasteiger partial charge >= 0.3 is 0 Å². The molecule has 0 aliphatic rings. The first-order valence-electron chi connectivity index (χ1n) is 6.15. The van der Waals surface area contributed by atoms with Crippen molar-refractivity contribution in [2.45, 2.75) is 20.0 Å². The van der Waals surface area contributed by atoms with Crippen LogP contribution in [0.2, 0.25) is 5.02 Å². The Morgan fingerprint density at radius 1 is 1.45 bits per heavy atom. The van der Waals surface area contributed by atoms with Crippen molar-refractivity contribution in [2.75, 3.05) is 11.9 Å². The number of nitrogens with zero attached hydrogens (tertiary/aromatic N) is 2. The number of H-pyrrole nitrogens is 1. The molecule has 0 spiro atoms. The van der Waals surface area contributed by atoms with Gasteiger partial charge in [-0.05, 0) is 26.0 Å². The van der Waals surface area contributed by atoms with Crippen LogP contribution in [0.5, 0.6) is 0 Å². The summed E-state index contributed by atoms with van der Waals surface area (Å²) in [5.41, 5.74) is 0.723. The number of hydrogen-bond donors (Lipinski definition) is 2. The summed E-state index contributed by atoms with van der Waals surface area (Å²) in [5, 5.41) is 9.76. The van der Waals surface area contributed by atoms with E-state index in [1.165, 1.54) is 0 Å². The fraction of sp³-hybridized carbons (Fsp3) is 0.308. The SMILES string of the molecule is CC(C)OCC(=O)Nc1n[nH]c(-c2ccccc2Cl)n1. The summed E-state index contributed by atoms with van der Waals surface area (Å²) in [6.07, 6.45) is -0.00780. The lowest BCUT2D eigenvalue weighted by Crippen LogP contribution is -2.21. The van der Waals surface area contributed by atoms with E-state index >= 15 is 0 Å². The minimum atomic E-state index is -0.302. The molecular weight excluding hydrogens is 280 g/mol. The number of hydrogen-bond acceptors (Lipinski definition) is 4. The van der Waals surface area contributed by atoms with Gasteiger partial charge in [0, 0.05) is 5.56 Å². The monoisotopic (exact) mass is 294 g/mol. The molecule has 106 valence electrons. The van der Waals surface area contributed by atoms with Crippen LogP contribution in [-0.2, 0) is 9.53 Å². The third kappa shape index (κ3) is 3.79. The maximum atomic E-state index is 11.6. The number of rotatable bonds is 5. The second kappa shape index (κ2) is 6.49. The molecule has 1 aromatic heterocycles. The summed E-state index contributed by atoms with van der Waals surface area (Å²) in [5.74, 6) is 0.386. The van der Waals surface area contributed by atoms with Crippen LogP contribution < -0.4 is 5.32 Å². The lowest BCUT2D eigenvalue weighted by molar-refractivity contribution is -0.122. The molecule has 7 heteroatoms. The molecule has 1 aromatic carbocycles. The number of anilines is 1. The van der Waals surface area contributed by atoms with Gasteiger partial charge in [0.1, 0.15) is 6.61 Å². The normalized spacial score (nSPS) is 10.8. The van der Waals surface area contributed by atoms with E-state index in [2.05, 4.69) is 20.5 Å². The zero-order chi connectivity index (χ0) is 14.5. The molecule has 1 amide bonds. The van der Waals surface area contributed by atoms with Crippen LogP contribution in [0.15, 0.2) is 24.3 Å². The molecule has 0 bridgehead atoms. The molecule has 2 rings (SSSR count). The van der Waals surface area contributed by atoms with Crippen molar-refractivity contribution in [1.29, 1.82) is 0 Å². The molecule has 0 fully saturated rings. The molecule has 2 N–H and O–H groups in total. The van der Waals surface area contributed by atoms with E-state index in [0.29, 0.717) is 10.8 Å². The summed E-state index contributed by atoms with van der Waals surface area (Å²) in [6.45, 7) is 3.68. The Hall–Kier alpha value is -1.92. The quantitative estimate of drug-likeness (QED) is 0.888. The van der Waals surface area contributed by atoms with Gasteiger partial charge in [0.25, 0.3) is 5.91 Å². The van der Waals surface area contributed by atoms with Gasteiger partial charge in [0.2, 0.25) is 5.95 Å². The predicted molar refractivity (Wildman–Crippen MR) is 76.5 cm³/mol. The average Bonchev–Trinajstić information content (AvgIpc) is 2.85. The molecule has 6 nitrogen and oxygen atoms in total. The molecule has 2 aromatic rings. The molecule has 0 saturated heterocycles. The van der Waals surface area contributed by atoms with Crippen LogP contribution in [0, 0.1) is 0 Å². The maximum Gasteiger partial charge on any atom is 0.252 e. The summed E-state index contributed by atoms with van der Waals surface area (Å²) in [6, 6.07) is 7.25. The summed E-state index contributed by atoms with van der Waals surface area (Å²) in [4.78, 5) is 15.7. The van der Waals surface area contributed by atoms with Crippen LogP contribution >= 0.6 is 11.6 Å². The van der Waals surface area contributed by atoms with Crippen molar-refractivity contribution in [3.63, 3.8) is 0 Å². The Morgan fingerprint density at radius 2 is 2.20 bits per heavy atom. The average molecular weight is 295 g/mol. The first-order chi connectivity index (χ1) is 9.56. The number of carbonyl (C=O) groups is 1. The fourth-order valence-corrected chi connectivity index (χ4v) is 1.72. The highest BCUT2D eigenvalue weighted by molar-refractivity contribution is 6.33.